The summed E-state index contributed by atoms with van der Waals surface area (Å²) in [5.74, 6) is -1.92. The molecule has 0 aliphatic carbocycles. The molecule has 0 unspecified atom stereocenters. The van der Waals surface area contributed by atoms with Gasteiger partial charge < -0.3 is 14.8 Å². The molecule has 8 heteroatoms. The number of ether oxygens (including phenoxy) is 2. The standard InChI is InChI=1S/C13H20N2O6/c1-5-20-10(17)7-15-11(18)8(14-12(15)19)6-9(16)21-13(2,3)4/h8H,5-7H2,1-4H3,(H,14,19)/t8-/m0/s1. The topological polar surface area (TPSA) is 102 Å². The summed E-state index contributed by atoms with van der Waals surface area (Å²) in [7, 11) is 0. The molecule has 0 bridgehead atoms. The molecule has 1 aliphatic rings. The first-order chi connectivity index (χ1) is 9.64. The Bertz CT molecular complexity index is 454. The van der Waals surface area contributed by atoms with Crippen LogP contribution in [0.15, 0.2) is 0 Å². The van der Waals surface area contributed by atoms with Crippen LogP contribution < -0.4 is 5.32 Å². The average molecular weight is 300 g/mol. The first kappa shape index (κ1) is 16.9. The van der Waals surface area contributed by atoms with E-state index in [1.807, 2.05) is 0 Å². The molecule has 118 valence electrons. The summed E-state index contributed by atoms with van der Waals surface area (Å²) in [6.07, 6.45) is -0.277. The van der Waals surface area contributed by atoms with Gasteiger partial charge in [0.1, 0.15) is 18.2 Å². The Morgan fingerprint density at radius 1 is 1.24 bits per heavy atom. The molecule has 1 fully saturated rings. The van der Waals surface area contributed by atoms with Crippen LogP contribution in [-0.4, -0.2) is 53.6 Å². The van der Waals surface area contributed by atoms with Crippen molar-refractivity contribution in [2.45, 2.75) is 45.8 Å². The molecule has 1 aliphatic heterocycles. The molecule has 0 spiro atoms. The van der Waals surface area contributed by atoms with Gasteiger partial charge in [-0.3, -0.25) is 19.3 Å². The minimum Gasteiger partial charge on any atom is -0.465 e. The summed E-state index contributed by atoms with van der Waals surface area (Å²) in [4.78, 5) is 47.3. The third kappa shape index (κ3) is 5.05. The van der Waals surface area contributed by atoms with Gasteiger partial charge in [-0.15, -0.1) is 0 Å². The summed E-state index contributed by atoms with van der Waals surface area (Å²) >= 11 is 0. The van der Waals surface area contributed by atoms with E-state index in [-0.39, 0.29) is 13.0 Å². The quantitative estimate of drug-likeness (QED) is 0.575. The Kier molecular flexibility index (Phi) is 5.28. The van der Waals surface area contributed by atoms with Crippen LogP contribution >= 0.6 is 0 Å². The van der Waals surface area contributed by atoms with Gasteiger partial charge in [0.15, 0.2) is 0 Å². The van der Waals surface area contributed by atoms with E-state index in [9.17, 15) is 19.2 Å². The van der Waals surface area contributed by atoms with E-state index in [0.717, 1.165) is 4.90 Å². The van der Waals surface area contributed by atoms with Crippen molar-refractivity contribution in [3.05, 3.63) is 0 Å². The molecule has 0 aromatic rings. The van der Waals surface area contributed by atoms with Crippen LogP contribution in [0, 0.1) is 0 Å². The fourth-order valence-electron chi connectivity index (χ4n) is 1.75. The van der Waals surface area contributed by atoms with E-state index in [0.29, 0.717) is 0 Å². The molecule has 1 atom stereocenters. The second kappa shape index (κ2) is 6.55. The molecule has 1 saturated heterocycles. The molecular weight excluding hydrogens is 280 g/mol. The second-order valence-corrected chi connectivity index (χ2v) is 5.52. The highest BCUT2D eigenvalue weighted by molar-refractivity contribution is 6.07. The average Bonchev–Trinajstić information content (AvgIpc) is 2.54. The first-order valence-electron chi connectivity index (χ1n) is 6.63. The van der Waals surface area contributed by atoms with Crippen LogP contribution in [0.4, 0.5) is 4.79 Å². The number of carbonyl (C=O) groups excluding carboxylic acids is 4. The van der Waals surface area contributed by atoms with E-state index in [1.54, 1.807) is 27.7 Å². The predicted molar refractivity (Wildman–Crippen MR) is 71.1 cm³/mol. The maximum atomic E-state index is 12.0. The molecule has 3 amide bonds. The van der Waals surface area contributed by atoms with Gasteiger partial charge in [-0.2, -0.15) is 0 Å². The highest BCUT2D eigenvalue weighted by Gasteiger charge is 2.40. The van der Waals surface area contributed by atoms with Gasteiger partial charge in [-0.1, -0.05) is 0 Å². The van der Waals surface area contributed by atoms with Crippen molar-refractivity contribution < 1.29 is 28.7 Å². The van der Waals surface area contributed by atoms with Crippen molar-refractivity contribution in [2.24, 2.45) is 0 Å². The van der Waals surface area contributed by atoms with E-state index in [1.165, 1.54) is 0 Å². The normalized spacial score (nSPS) is 18.5. The lowest BCUT2D eigenvalue weighted by molar-refractivity contribution is -0.156. The highest BCUT2D eigenvalue weighted by atomic mass is 16.6. The fraction of sp³-hybridized carbons (Fsp3) is 0.692. The van der Waals surface area contributed by atoms with Gasteiger partial charge in [0.2, 0.25) is 0 Å². The third-order valence-electron chi connectivity index (χ3n) is 2.49. The number of rotatable bonds is 5. The van der Waals surface area contributed by atoms with Gasteiger partial charge >= 0.3 is 18.0 Å². The molecule has 0 aromatic carbocycles. The summed E-state index contributed by atoms with van der Waals surface area (Å²) in [6, 6.07) is -1.73. The summed E-state index contributed by atoms with van der Waals surface area (Å²) in [6.45, 7) is 6.41. The fourth-order valence-corrected chi connectivity index (χ4v) is 1.75. The highest BCUT2D eigenvalue weighted by Crippen LogP contribution is 2.14. The van der Waals surface area contributed by atoms with Gasteiger partial charge in [0.25, 0.3) is 5.91 Å². The van der Waals surface area contributed by atoms with E-state index in [2.05, 4.69) is 10.1 Å². The largest absolute Gasteiger partial charge is 0.465 e. The molecule has 1 heterocycles. The minimum atomic E-state index is -1.01. The van der Waals surface area contributed by atoms with Crippen molar-refractivity contribution in [2.75, 3.05) is 13.2 Å². The number of urea groups is 1. The zero-order valence-electron chi connectivity index (χ0n) is 12.6. The number of carbonyl (C=O) groups is 4. The number of esters is 2. The van der Waals surface area contributed by atoms with Crippen molar-refractivity contribution in [3.63, 3.8) is 0 Å². The molecule has 21 heavy (non-hydrogen) atoms. The Morgan fingerprint density at radius 3 is 2.38 bits per heavy atom. The van der Waals surface area contributed by atoms with E-state index in [4.69, 9.17) is 4.74 Å². The Morgan fingerprint density at radius 2 is 1.86 bits per heavy atom. The Balaban J connectivity index is 2.60. The molecule has 0 aromatic heterocycles. The zero-order valence-corrected chi connectivity index (χ0v) is 12.6. The van der Waals surface area contributed by atoms with Crippen molar-refractivity contribution >= 4 is 23.9 Å². The van der Waals surface area contributed by atoms with Crippen LogP contribution in [0.25, 0.3) is 0 Å². The third-order valence-corrected chi connectivity index (χ3v) is 2.49. The van der Waals surface area contributed by atoms with Crippen molar-refractivity contribution in [1.29, 1.82) is 0 Å². The van der Waals surface area contributed by atoms with Crippen LogP contribution in [0.3, 0.4) is 0 Å². The van der Waals surface area contributed by atoms with E-state index < -0.39 is 42.1 Å². The zero-order chi connectivity index (χ0) is 16.2. The Labute approximate surface area is 122 Å². The van der Waals surface area contributed by atoms with Crippen LogP contribution in [-0.2, 0) is 23.9 Å². The molecule has 0 radical (unpaired) electrons. The van der Waals surface area contributed by atoms with Crippen molar-refractivity contribution in [3.8, 4) is 0 Å². The van der Waals surface area contributed by atoms with Gasteiger partial charge in [0, 0.05) is 0 Å². The van der Waals surface area contributed by atoms with Gasteiger partial charge in [-0.25, -0.2) is 4.79 Å². The molecule has 1 N–H and O–H groups in total. The molecular formula is C13H20N2O6. The number of imide groups is 1. The number of hydrogen-bond acceptors (Lipinski definition) is 6. The van der Waals surface area contributed by atoms with Gasteiger partial charge in [-0.05, 0) is 27.7 Å². The van der Waals surface area contributed by atoms with Crippen LogP contribution in [0.2, 0.25) is 0 Å². The number of hydrogen-bond donors (Lipinski definition) is 1. The SMILES string of the molecule is CCOC(=O)CN1C(=O)N[C@@H](CC(=O)OC(C)(C)C)C1=O. The maximum Gasteiger partial charge on any atom is 0.326 e. The van der Waals surface area contributed by atoms with Crippen LogP contribution in [0.1, 0.15) is 34.1 Å². The number of nitrogens with one attached hydrogen (secondary N) is 1. The minimum absolute atomic E-state index is 0.157. The van der Waals surface area contributed by atoms with Gasteiger partial charge in [0.05, 0.1) is 13.0 Å². The monoisotopic (exact) mass is 300 g/mol. The lowest BCUT2D eigenvalue weighted by atomic mass is 10.1. The molecule has 1 rings (SSSR count). The Hall–Kier alpha value is -2.12. The summed E-state index contributed by atoms with van der Waals surface area (Å²) < 4.78 is 9.76. The molecule has 8 nitrogen and oxygen atoms in total. The van der Waals surface area contributed by atoms with Crippen molar-refractivity contribution in [1.82, 2.24) is 10.2 Å². The lowest BCUT2D eigenvalue weighted by Gasteiger charge is -2.20. The summed E-state index contributed by atoms with van der Waals surface area (Å²) in [5.41, 5.74) is -0.673. The second-order valence-electron chi connectivity index (χ2n) is 5.52. The first-order valence-corrected chi connectivity index (χ1v) is 6.63. The predicted octanol–water partition coefficient (Wildman–Crippen LogP) is 0.202. The maximum absolute atomic E-state index is 12.0. The van der Waals surface area contributed by atoms with Crippen LogP contribution in [0.5, 0.6) is 0 Å². The smallest absolute Gasteiger partial charge is 0.326 e. The molecule has 0 saturated carbocycles. The number of amides is 3. The van der Waals surface area contributed by atoms with E-state index >= 15 is 0 Å². The lowest BCUT2D eigenvalue weighted by Crippen LogP contribution is -2.37. The summed E-state index contributed by atoms with van der Waals surface area (Å²) in [5, 5.41) is 2.35. The number of nitrogens with zero attached hydrogens (tertiary/aromatic N) is 1.